The van der Waals surface area contributed by atoms with Crippen LogP contribution in [0.1, 0.15) is 28.6 Å². The molecule has 5 rings (SSSR count). The third-order valence-electron chi connectivity index (χ3n) is 6.89. The van der Waals surface area contributed by atoms with Gasteiger partial charge in [0.2, 0.25) is 0 Å². The highest BCUT2D eigenvalue weighted by Gasteiger charge is 2.32. The summed E-state index contributed by atoms with van der Waals surface area (Å²) in [6.07, 6.45) is 0. The number of aromatic nitrogens is 5. The van der Waals surface area contributed by atoms with Crippen molar-refractivity contribution in [2.45, 2.75) is 26.4 Å². The molecule has 1 unspecified atom stereocenters. The first-order valence-electron chi connectivity index (χ1n) is 12.0. The van der Waals surface area contributed by atoms with Crippen LogP contribution < -0.4 is 10.5 Å². The second-order valence-electron chi connectivity index (χ2n) is 9.09. The molecule has 1 saturated heterocycles. The van der Waals surface area contributed by atoms with E-state index in [4.69, 9.17) is 4.74 Å². The molecule has 1 N–H and O–H groups in total. The molecule has 0 bridgehead atoms. The minimum atomic E-state index is -0.366. The molecule has 182 valence electrons. The molecule has 0 aliphatic carbocycles. The van der Waals surface area contributed by atoms with Gasteiger partial charge in [0.1, 0.15) is 6.04 Å². The van der Waals surface area contributed by atoms with E-state index in [0.29, 0.717) is 24.5 Å². The van der Waals surface area contributed by atoms with Crippen molar-refractivity contribution in [3.8, 4) is 0 Å². The van der Waals surface area contributed by atoms with Crippen LogP contribution in [0.4, 0.5) is 5.69 Å². The largest absolute Gasteiger partial charge is 0.383 e. The lowest BCUT2D eigenvalue weighted by Gasteiger charge is -2.39. The number of benzene rings is 2. The van der Waals surface area contributed by atoms with Gasteiger partial charge in [0, 0.05) is 50.1 Å². The van der Waals surface area contributed by atoms with Gasteiger partial charge < -0.3 is 14.6 Å². The van der Waals surface area contributed by atoms with Gasteiger partial charge in [-0.3, -0.25) is 9.69 Å². The number of aryl methyl sites for hydroxylation is 2. The topological polar surface area (TPSA) is 92.2 Å². The number of hydrogen-bond acceptors (Lipinski definition) is 7. The number of pyridine rings is 1. The highest BCUT2D eigenvalue weighted by Crippen LogP contribution is 2.29. The van der Waals surface area contributed by atoms with E-state index in [1.54, 1.807) is 11.8 Å². The van der Waals surface area contributed by atoms with Crippen molar-refractivity contribution in [2.24, 2.45) is 0 Å². The standard InChI is InChI=1S/C26H31N7O2/c1-18-15-20-17-22(26(34)27-23(20)16-19(18)2)24(25-28-29-30-33(25)13-14-35-3)32-11-9-31(10-12-32)21-7-5-4-6-8-21/h4-8,15-17,24H,9-14H2,1-3H3,(H,27,34). The number of rotatable bonds is 7. The summed E-state index contributed by atoms with van der Waals surface area (Å²) in [5, 5.41) is 13.6. The molecule has 35 heavy (non-hydrogen) atoms. The Bertz CT molecular complexity index is 1360. The lowest BCUT2D eigenvalue weighted by Crippen LogP contribution is -2.49. The van der Waals surface area contributed by atoms with E-state index in [-0.39, 0.29) is 11.6 Å². The normalized spacial score (nSPS) is 15.6. The molecule has 9 nitrogen and oxygen atoms in total. The first-order valence-corrected chi connectivity index (χ1v) is 12.0. The number of methoxy groups -OCH3 is 1. The zero-order valence-corrected chi connectivity index (χ0v) is 20.4. The van der Waals surface area contributed by atoms with Crippen molar-refractivity contribution in [1.29, 1.82) is 0 Å². The van der Waals surface area contributed by atoms with Gasteiger partial charge in [0.05, 0.1) is 13.2 Å². The summed E-state index contributed by atoms with van der Waals surface area (Å²) < 4.78 is 7.02. The third-order valence-corrected chi connectivity index (χ3v) is 6.89. The Kier molecular flexibility index (Phi) is 6.61. The SMILES string of the molecule is COCCn1nnnc1C(c1cc2cc(C)c(C)cc2[nH]c1=O)N1CCN(c2ccccc2)CC1. The maximum absolute atomic E-state index is 13.4. The summed E-state index contributed by atoms with van der Waals surface area (Å²) in [6.45, 7) is 8.41. The Balaban J connectivity index is 1.54. The van der Waals surface area contributed by atoms with E-state index in [1.807, 2.05) is 18.2 Å². The van der Waals surface area contributed by atoms with Crippen molar-refractivity contribution in [3.05, 3.63) is 81.4 Å². The number of fused-ring (bicyclic) bond motifs is 1. The molecule has 0 spiro atoms. The minimum Gasteiger partial charge on any atom is -0.383 e. The number of aromatic amines is 1. The Morgan fingerprint density at radius 2 is 1.77 bits per heavy atom. The number of anilines is 1. The van der Waals surface area contributed by atoms with E-state index in [9.17, 15) is 4.79 Å². The molecule has 3 heterocycles. The van der Waals surface area contributed by atoms with E-state index in [2.05, 4.69) is 74.5 Å². The van der Waals surface area contributed by atoms with Crippen molar-refractivity contribution in [3.63, 3.8) is 0 Å². The average molecular weight is 474 g/mol. The predicted molar refractivity (Wildman–Crippen MR) is 136 cm³/mol. The number of piperazine rings is 1. The minimum absolute atomic E-state index is 0.113. The van der Waals surface area contributed by atoms with Crippen molar-refractivity contribution in [2.75, 3.05) is 44.8 Å². The third kappa shape index (κ3) is 4.69. The van der Waals surface area contributed by atoms with Crippen LogP contribution in [0.2, 0.25) is 0 Å². The zero-order chi connectivity index (χ0) is 24.4. The van der Waals surface area contributed by atoms with Gasteiger partial charge in [0.25, 0.3) is 5.56 Å². The highest BCUT2D eigenvalue weighted by molar-refractivity contribution is 5.81. The van der Waals surface area contributed by atoms with Crippen LogP contribution in [-0.4, -0.2) is 70.0 Å². The second kappa shape index (κ2) is 9.97. The van der Waals surface area contributed by atoms with Crippen LogP contribution in [0, 0.1) is 13.8 Å². The van der Waals surface area contributed by atoms with Gasteiger partial charge in [-0.2, -0.15) is 0 Å². The van der Waals surface area contributed by atoms with Gasteiger partial charge in [-0.05, 0) is 71.1 Å². The number of H-pyrrole nitrogens is 1. The first-order chi connectivity index (χ1) is 17.0. The monoisotopic (exact) mass is 473 g/mol. The summed E-state index contributed by atoms with van der Waals surface area (Å²) in [5.74, 6) is 0.656. The number of para-hydroxylation sites is 1. The maximum atomic E-state index is 13.4. The van der Waals surface area contributed by atoms with Crippen LogP contribution in [0.25, 0.3) is 10.9 Å². The molecule has 1 atom stereocenters. The Morgan fingerprint density at radius 3 is 2.51 bits per heavy atom. The van der Waals surface area contributed by atoms with Gasteiger partial charge >= 0.3 is 0 Å². The molecule has 1 aliphatic heterocycles. The summed E-state index contributed by atoms with van der Waals surface area (Å²) in [6, 6.07) is 16.2. The van der Waals surface area contributed by atoms with Crippen molar-refractivity contribution >= 4 is 16.6 Å². The quantitative estimate of drug-likeness (QED) is 0.441. The van der Waals surface area contributed by atoms with Crippen LogP contribution in [-0.2, 0) is 11.3 Å². The number of hydrogen-bond donors (Lipinski definition) is 1. The maximum Gasteiger partial charge on any atom is 0.253 e. The fourth-order valence-electron chi connectivity index (χ4n) is 4.82. The summed E-state index contributed by atoms with van der Waals surface area (Å²) in [5.41, 5.74) is 4.93. The summed E-state index contributed by atoms with van der Waals surface area (Å²) >= 11 is 0. The number of ether oxygens (including phenoxy) is 1. The molecule has 1 fully saturated rings. The Labute approximate surface area is 204 Å². The molecule has 0 amide bonds. The second-order valence-corrected chi connectivity index (χ2v) is 9.09. The lowest BCUT2D eigenvalue weighted by atomic mass is 10.00. The predicted octanol–water partition coefficient (Wildman–Crippen LogP) is 2.69. The molecule has 1 aliphatic rings. The summed E-state index contributed by atoms with van der Waals surface area (Å²) in [7, 11) is 1.66. The number of nitrogens with zero attached hydrogens (tertiary/aromatic N) is 6. The van der Waals surface area contributed by atoms with Crippen molar-refractivity contribution in [1.82, 2.24) is 30.1 Å². The Morgan fingerprint density at radius 1 is 1.03 bits per heavy atom. The van der Waals surface area contributed by atoms with E-state index >= 15 is 0 Å². The van der Waals surface area contributed by atoms with Gasteiger partial charge in [-0.15, -0.1) is 5.10 Å². The molecular formula is C26H31N7O2. The van der Waals surface area contributed by atoms with Crippen LogP contribution >= 0.6 is 0 Å². The molecule has 0 radical (unpaired) electrons. The molecular weight excluding hydrogens is 442 g/mol. The number of nitrogens with one attached hydrogen (secondary N) is 1. The first kappa shape index (κ1) is 23.2. The molecule has 2 aromatic carbocycles. The fraction of sp³-hybridized carbons (Fsp3) is 0.385. The Hall–Kier alpha value is -3.56. The molecule has 0 saturated carbocycles. The van der Waals surface area contributed by atoms with Gasteiger partial charge in [-0.25, -0.2) is 4.68 Å². The van der Waals surface area contributed by atoms with Crippen LogP contribution in [0.15, 0.2) is 53.3 Å². The van der Waals surface area contributed by atoms with Crippen LogP contribution in [0.5, 0.6) is 0 Å². The van der Waals surface area contributed by atoms with E-state index < -0.39 is 0 Å². The smallest absolute Gasteiger partial charge is 0.253 e. The fourth-order valence-corrected chi connectivity index (χ4v) is 4.82. The van der Waals surface area contributed by atoms with Gasteiger partial charge in [-0.1, -0.05) is 18.2 Å². The zero-order valence-electron chi connectivity index (χ0n) is 20.4. The summed E-state index contributed by atoms with van der Waals surface area (Å²) in [4.78, 5) is 21.2. The molecule has 9 heteroatoms. The van der Waals surface area contributed by atoms with Crippen molar-refractivity contribution < 1.29 is 4.74 Å². The van der Waals surface area contributed by atoms with Crippen LogP contribution in [0.3, 0.4) is 0 Å². The number of tetrazole rings is 1. The lowest BCUT2D eigenvalue weighted by molar-refractivity contribution is 0.171. The van der Waals surface area contributed by atoms with E-state index in [0.717, 1.165) is 42.6 Å². The van der Waals surface area contributed by atoms with E-state index in [1.165, 1.54) is 11.3 Å². The van der Waals surface area contributed by atoms with Gasteiger partial charge in [0.15, 0.2) is 5.82 Å². The average Bonchev–Trinajstić information content (AvgIpc) is 3.33. The molecule has 2 aromatic heterocycles. The molecule has 4 aromatic rings. The highest BCUT2D eigenvalue weighted by atomic mass is 16.5.